The molecular weight excluding hydrogens is 583 g/mol. The fraction of sp³-hybridized carbons (Fsp3) is 0.345. The largest absolute Gasteiger partial charge is 0.507 e. The summed E-state index contributed by atoms with van der Waals surface area (Å²) in [4.78, 5) is 67.3. The number of nitrogens with two attached hydrogens (primary N) is 1. The number of Topliss-reactive ketones (excluding diaryl/α,β-unsaturated/α-hetero) is 4. The number of halogens is 5. The van der Waals surface area contributed by atoms with Gasteiger partial charge in [0.05, 0.1) is 23.1 Å². The number of phenols is 1. The topological polar surface area (TPSA) is 155 Å². The molecular formula is C29H23F5N2O7. The molecule has 1 amide bonds. The van der Waals surface area contributed by atoms with Gasteiger partial charge in [0.15, 0.2) is 57.9 Å². The van der Waals surface area contributed by atoms with Crippen LogP contribution in [-0.4, -0.2) is 69.9 Å². The van der Waals surface area contributed by atoms with Gasteiger partial charge in [0.1, 0.15) is 5.75 Å². The lowest BCUT2D eigenvalue weighted by atomic mass is 9.52. The highest BCUT2D eigenvalue weighted by Crippen LogP contribution is 2.51. The Morgan fingerprint density at radius 1 is 0.953 bits per heavy atom. The van der Waals surface area contributed by atoms with Crippen LogP contribution in [0.1, 0.15) is 33.5 Å². The van der Waals surface area contributed by atoms with Gasteiger partial charge in [-0.2, -0.15) is 0 Å². The normalized spacial score (nSPS) is 28.7. The molecule has 0 bridgehead atoms. The summed E-state index contributed by atoms with van der Waals surface area (Å²) in [6.45, 7) is 0. The van der Waals surface area contributed by atoms with Gasteiger partial charge in [-0.1, -0.05) is 12.1 Å². The van der Waals surface area contributed by atoms with E-state index in [9.17, 15) is 56.1 Å². The SMILES string of the molecule is CN(C)[C@@H]1C(=O)C(C(N)=O)C(=O)[C@@]2(O)C(=O)C3C(=O)c4c(O)ccc(C=Cc5c(F)c(F)c(F)c(F)c5F)c4C[C@H]3C[C@@H]12. The summed E-state index contributed by atoms with van der Waals surface area (Å²) in [6, 6.07) is 0.911. The number of likely N-dealkylation sites (N-methyl/N-ethyl adjacent to an activating group) is 1. The molecule has 2 unspecified atom stereocenters. The number of aliphatic hydroxyl groups is 1. The molecule has 4 N–H and O–H groups in total. The van der Waals surface area contributed by atoms with Crippen LogP contribution >= 0.6 is 0 Å². The van der Waals surface area contributed by atoms with Crippen LogP contribution in [0.15, 0.2) is 12.1 Å². The summed E-state index contributed by atoms with van der Waals surface area (Å²) in [6.07, 6.45) is 1.14. The average molecular weight is 606 g/mol. The van der Waals surface area contributed by atoms with Crippen LogP contribution in [0, 0.1) is 52.8 Å². The van der Waals surface area contributed by atoms with Gasteiger partial charge in [-0.25, -0.2) is 22.0 Å². The highest BCUT2D eigenvalue weighted by molar-refractivity contribution is 6.32. The Balaban J connectivity index is 1.62. The highest BCUT2D eigenvalue weighted by Gasteiger charge is 2.69. The minimum absolute atomic E-state index is 0.0329. The van der Waals surface area contributed by atoms with Crippen molar-refractivity contribution >= 4 is 41.2 Å². The summed E-state index contributed by atoms with van der Waals surface area (Å²) in [7, 11) is 2.85. The lowest BCUT2D eigenvalue weighted by Gasteiger charge is -2.52. The first-order valence-corrected chi connectivity index (χ1v) is 12.9. The van der Waals surface area contributed by atoms with Gasteiger partial charge in [-0.05, 0) is 56.1 Å². The zero-order valence-electron chi connectivity index (χ0n) is 22.5. The molecule has 0 heterocycles. The first kappa shape index (κ1) is 30.2. The minimum Gasteiger partial charge on any atom is -0.507 e. The quantitative estimate of drug-likeness (QED) is 0.156. The Kier molecular flexibility index (Phi) is 7.13. The highest BCUT2D eigenvalue weighted by atomic mass is 19.2. The van der Waals surface area contributed by atoms with E-state index in [0.29, 0.717) is 6.08 Å². The van der Waals surface area contributed by atoms with Gasteiger partial charge in [-0.15, -0.1) is 0 Å². The maximum Gasteiger partial charge on any atom is 0.235 e. The molecule has 2 aromatic carbocycles. The van der Waals surface area contributed by atoms with E-state index < -0.39 is 110 Å². The van der Waals surface area contributed by atoms with Gasteiger partial charge < -0.3 is 15.9 Å². The Hall–Kier alpha value is -4.30. The smallest absolute Gasteiger partial charge is 0.235 e. The van der Waals surface area contributed by atoms with Crippen molar-refractivity contribution < 1.29 is 56.1 Å². The van der Waals surface area contributed by atoms with Crippen LogP contribution in [0.3, 0.4) is 0 Å². The number of benzene rings is 2. The second kappa shape index (κ2) is 10.2. The van der Waals surface area contributed by atoms with E-state index >= 15 is 0 Å². The summed E-state index contributed by atoms with van der Waals surface area (Å²) >= 11 is 0. The van der Waals surface area contributed by atoms with Crippen molar-refractivity contribution in [2.45, 2.75) is 24.5 Å². The number of amides is 1. The molecule has 2 saturated carbocycles. The molecule has 3 aliphatic carbocycles. The van der Waals surface area contributed by atoms with Crippen molar-refractivity contribution in [1.82, 2.24) is 4.90 Å². The average Bonchev–Trinajstić information content (AvgIpc) is 2.93. The van der Waals surface area contributed by atoms with Crippen LogP contribution in [0.5, 0.6) is 5.75 Å². The second-order valence-electron chi connectivity index (χ2n) is 11.1. The van der Waals surface area contributed by atoms with Crippen molar-refractivity contribution in [3.8, 4) is 5.75 Å². The van der Waals surface area contributed by atoms with Crippen LogP contribution in [0.4, 0.5) is 22.0 Å². The van der Waals surface area contributed by atoms with E-state index in [2.05, 4.69) is 0 Å². The van der Waals surface area contributed by atoms with E-state index in [0.717, 1.165) is 12.1 Å². The number of phenolic OH excluding ortho intramolecular Hbond substituents is 1. The van der Waals surface area contributed by atoms with E-state index in [-0.39, 0.29) is 24.0 Å². The molecule has 6 atom stereocenters. The number of nitrogens with zero attached hydrogens (tertiary/aromatic N) is 1. The van der Waals surface area contributed by atoms with Gasteiger partial charge in [0.2, 0.25) is 11.7 Å². The number of rotatable bonds is 4. The first-order chi connectivity index (χ1) is 20.0. The van der Waals surface area contributed by atoms with E-state index in [1.54, 1.807) is 0 Å². The lowest BCUT2D eigenvalue weighted by molar-refractivity contribution is -0.181. The fourth-order valence-electron chi connectivity index (χ4n) is 6.73. The van der Waals surface area contributed by atoms with Gasteiger partial charge in [0.25, 0.3) is 0 Å². The number of hydrogen-bond acceptors (Lipinski definition) is 8. The molecule has 14 heteroatoms. The zero-order chi connectivity index (χ0) is 31.9. The Bertz CT molecular complexity index is 1660. The van der Waals surface area contributed by atoms with Crippen LogP contribution < -0.4 is 5.73 Å². The molecule has 43 heavy (non-hydrogen) atoms. The predicted molar refractivity (Wildman–Crippen MR) is 137 cm³/mol. The van der Waals surface area contributed by atoms with E-state index in [4.69, 9.17) is 5.73 Å². The van der Waals surface area contributed by atoms with Gasteiger partial charge >= 0.3 is 0 Å². The van der Waals surface area contributed by atoms with Crippen LogP contribution in [0.25, 0.3) is 12.2 Å². The molecule has 0 radical (unpaired) electrons. The number of hydrogen-bond donors (Lipinski definition) is 3. The summed E-state index contributed by atoms with van der Waals surface area (Å²) in [5.41, 5.74) is 0.783. The molecule has 2 aromatic rings. The summed E-state index contributed by atoms with van der Waals surface area (Å²) < 4.78 is 69.4. The molecule has 0 aliphatic heterocycles. The maximum atomic E-state index is 14.3. The molecule has 0 spiro atoms. The number of carbonyl (C=O) groups is 5. The molecule has 3 aliphatic rings. The second-order valence-corrected chi connectivity index (χ2v) is 11.1. The van der Waals surface area contributed by atoms with Gasteiger partial charge in [-0.3, -0.25) is 28.9 Å². The Morgan fingerprint density at radius 3 is 2.09 bits per heavy atom. The van der Waals surface area contributed by atoms with E-state index in [1.807, 2.05) is 0 Å². The Labute approximate surface area is 239 Å². The third-order valence-corrected chi connectivity index (χ3v) is 8.65. The third kappa shape index (κ3) is 4.14. The predicted octanol–water partition coefficient (Wildman–Crippen LogP) is 1.73. The van der Waals surface area contributed by atoms with Crippen molar-refractivity contribution in [2.24, 2.45) is 29.4 Å². The Morgan fingerprint density at radius 2 is 1.53 bits per heavy atom. The monoisotopic (exact) mass is 606 g/mol. The minimum atomic E-state index is -2.92. The van der Waals surface area contributed by atoms with Crippen molar-refractivity contribution in [1.29, 1.82) is 0 Å². The van der Waals surface area contributed by atoms with E-state index in [1.165, 1.54) is 25.1 Å². The molecule has 9 nitrogen and oxygen atoms in total. The lowest BCUT2D eigenvalue weighted by Crippen LogP contribution is -2.74. The third-order valence-electron chi connectivity index (χ3n) is 8.65. The maximum absolute atomic E-state index is 14.3. The number of carbonyl (C=O) groups excluding carboxylic acids is 5. The standard InChI is InChI=1S/C29H23F5N2O7/c1-36(2)23-13-8-10-7-12-9(3-5-11-18(30)20(32)22(34)21(33)19(11)31)4-6-14(37)16(12)24(38)15(10)26(40)29(13,43)27(41)17(25(23)39)28(35)42/h3-6,10,13,15,17,23,37,43H,7-8H2,1-2H3,(H2,35,42)/t10-,13-,15?,17?,23-,29-/m0/s1. The number of fused-ring (bicyclic) bond motifs is 3. The number of aromatic hydroxyl groups is 1. The van der Waals surface area contributed by atoms with Crippen molar-refractivity contribution in [3.05, 3.63) is 63.5 Å². The van der Waals surface area contributed by atoms with Gasteiger partial charge in [0, 0.05) is 5.92 Å². The summed E-state index contributed by atoms with van der Waals surface area (Å²) in [5, 5.41) is 22.1. The molecule has 5 rings (SSSR count). The fourth-order valence-corrected chi connectivity index (χ4v) is 6.73. The molecule has 0 aromatic heterocycles. The zero-order valence-corrected chi connectivity index (χ0v) is 22.5. The molecule has 0 saturated heterocycles. The van der Waals surface area contributed by atoms with Crippen molar-refractivity contribution in [3.63, 3.8) is 0 Å². The van der Waals surface area contributed by atoms with Crippen LogP contribution in [0.2, 0.25) is 0 Å². The molecule has 2 fully saturated rings. The van der Waals surface area contributed by atoms with Crippen LogP contribution in [-0.2, 0) is 25.6 Å². The van der Waals surface area contributed by atoms with Crippen molar-refractivity contribution in [2.75, 3.05) is 14.1 Å². The molecule has 226 valence electrons. The number of primary amides is 1. The summed E-state index contributed by atoms with van der Waals surface area (Å²) in [5.74, 6) is -23.6. The number of ketones is 4. The first-order valence-electron chi connectivity index (χ1n) is 12.9.